The zero-order valence-corrected chi connectivity index (χ0v) is 12.0. The number of nitrogens with one attached hydrogen (secondary N) is 1. The first-order chi connectivity index (χ1) is 9.00. The molecule has 19 heavy (non-hydrogen) atoms. The average molecular weight is 283 g/mol. The Bertz CT molecular complexity index is 530. The van der Waals surface area contributed by atoms with E-state index in [1.165, 1.54) is 12.5 Å². The van der Waals surface area contributed by atoms with Gasteiger partial charge in [0.15, 0.2) is 0 Å². The third kappa shape index (κ3) is 3.46. The summed E-state index contributed by atoms with van der Waals surface area (Å²) in [5.74, 6) is 0. The van der Waals surface area contributed by atoms with Crippen LogP contribution < -0.4 is 10.5 Å². The molecule has 0 aliphatic carbocycles. The summed E-state index contributed by atoms with van der Waals surface area (Å²) >= 11 is 0. The van der Waals surface area contributed by atoms with Crippen molar-refractivity contribution in [2.45, 2.75) is 30.2 Å². The molecule has 0 saturated carbocycles. The number of nitrogens with two attached hydrogens (primary N) is 1. The molecule has 1 aromatic carbocycles. The van der Waals surface area contributed by atoms with Gasteiger partial charge in [0.1, 0.15) is 4.90 Å². The minimum absolute atomic E-state index is 0.161. The number of piperidine rings is 1. The van der Waals surface area contributed by atoms with Crippen LogP contribution in [0.2, 0.25) is 0 Å². The molecule has 1 aliphatic rings. The lowest BCUT2D eigenvalue weighted by Gasteiger charge is -2.32. The second-order valence-corrected chi connectivity index (χ2v) is 6.76. The first-order valence-electron chi connectivity index (χ1n) is 6.55. The number of likely N-dealkylation sites (N-methyl/N-ethyl adjacent to an activating group) is 1. The third-order valence-electron chi connectivity index (χ3n) is 3.64. The number of hydrogen-bond acceptors (Lipinski definition) is 4. The highest BCUT2D eigenvalue weighted by molar-refractivity contribution is 7.89. The summed E-state index contributed by atoms with van der Waals surface area (Å²) in [6.07, 6.45) is 3.37. The highest BCUT2D eigenvalue weighted by Crippen LogP contribution is 2.18. The minimum atomic E-state index is -3.52. The van der Waals surface area contributed by atoms with Crippen LogP contribution in [0.3, 0.4) is 0 Å². The molecule has 0 spiro atoms. The van der Waals surface area contributed by atoms with Gasteiger partial charge in [0, 0.05) is 12.6 Å². The zero-order valence-electron chi connectivity index (χ0n) is 11.2. The number of likely N-dealkylation sites (tertiary alicyclic amines) is 1. The van der Waals surface area contributed by atoms with Crippen LogP contribution in [-0.4, -0.2) is 39.5 Å². The Hall–Kier alpha value is -1.11. The van der Waals surface area contributed by atoms with E-state index in [-0.39, 0.29) is 16.6 Å². The van der Waals surface area contributed by atoms with Crippen LogP contribution in [0.15, 0.2) is 29.2 Å². The molecule has 106 valence electrons. The molecule has 0 amide bonds. The number of nitrogens with zero attached hydrogens (tertiary/aromatic N) is 1. The van der Waals surface area contributed by atoms with E-state index in [2.05, 4.69) is 9.62 Å². The molecule has 1 saturated heterocycles. The molecule has 0 radical (unpaired) electrons. The first-order valence-corrected chi connectivity index (χ1v) is 8.03. The van der Waals surface area contributed by atoms with Crippen LogP contribution in [0.25, 0.3) is 0 Å². The van der Waals surface area contributed by atoms with Crippen molar-refractivity contribution < 1.29 is 8.42 Å². The maximum Gasteiger partial charge on any atom is 0.242 e. The van der Waals surface area contributed by atoms with Crippen molar-refractivity contribution in [1.29, 1.82) is 0 Å². The molecule has 5 nitrogen and oxygen atoms in total. The highest BCUT2D eigenvalue weighted by Gasteiger charge is 2.22. The molecule has 1 aromatic rings. The van der Waals surface area contributed by atoms with E-state index >= 15 is 0 Å². The van der Waals surface area contributed by atoms with Gasteiger partial charge in [-0.15, -0.1) is 0 Å². The maximum atomic E-state index is 12.2. The summed E-state index contributed by atoms with van der Waals surface area (Å²) in [5.41, 5.74) is 6.00. The summed E-state index contributed by atoms with van der Waals surface area (Å²) < 4.78 is 27.1. The lowest BCUT2D eigenvalue weighted by atomic mass is 10.0. The predicted molar refractivity (Wildman–Crippen MR) is 76.3 cm³/mol. The van der Waals surface area contributed by atoms with Crippen LogP contribution in [0.1, 0.15) is 19.3 Å². The van der Waals surface area contributed by atoms with Crippen LogP contribution >= 0.6 is 0 Å². The van der Waals surface area contributed by atoms with Crippen LogP contribution in [0.4, 0.5) is 5.69 Å². The van der Waals surface area contributed by atoms with Gasteiger partial charge in [-0.1, -0.05) is 18.6 Å². The molecular formula is C13H21N3O2S. The smallest absolute Gasteiger partial charge is 0.242 e. The molecule has 1 unspecified atom stereocenters. The van der Waals surface area contributed by atoms with E-state index in [1.54, 1.807) is 18.2 Å². The molecule has 1 aliphatic heterocycles. The second-order valence-electron chi connectivity index (χ2n) is 5.02. The van der Waals surface area contributed by atoms with Gasteiger partial charge >= 0.3 is 0 Å². The third-order valence-corrected chi connectivity index (χ3v) is 5.14. The Morgan fingerprint density at radius 1 is 1.37 bits per heavy atom. The number of sulfonamides is 1. The summed E-state index contributed by atoms with van der Waals surface area (Å²) in [7, 11) is -1.48. The molecular weight excluding hydrogens is 262 g/mol. The number of para-hydroxylation sites is 1. The lowest BCUT2D eigenvalue weighted by molar-refractivity contribution is 0.187. The van der Waals surface area contributed by atoms with Gasteiger partial charge in [-0.3, -0.25) is 0 Å². The van der Waals surface area contributed by atoms with E-state index in [0.29, 0.717) is 6.54 Å². The van der Waals surface area contributed by atoms with E-state index in [0.717, 1.165) is 19.4 Å². The number of rotatable bonds is 4. The van der Waals surface area contributed by atoms with Gasteiger partial charge in [0.05, 0.1) is 5.69 Å². The normalized spacial score (nSPS) is 21.4. The van der Waals surface area contributed by atoms with Crippen LogP contribution in [-0.2, 0) is 10.0 Å². The maximum absolute atomic E-state index is 12.2. The second kappa shape index (κ2) is 5.90. The first kappa shape index (κ1) is 14.3. The lowest BCUT2D eigenvalue weighted by Crippen LogP contribution is -2.44. The van der Waals surface area contributed by atoms with E-state index in [9.17, 15) is 8.42 Å². The van der Waals surface area contributed by atoms with Gasteiger partial charge in [-0.2, -0.15) is 0 Å². The molecule has 0 aromatic heterocycles. The van der Waals surface area contributed by atoms with Gasteiger partial charge < -0.3 is 10.6 Å². The van der Waals surface area contributed by atoms with Gasteiger partial charge in [0.25, 0.3) is 0 Å². The molecule has 1 heterocycles. The van der Waals surface area contributed by atoms with Crippen molar-refractivity contribution in [3.05, 3.63) is 24.3 Å². The molecule has 2 rings (SSSR count). The van der Waals surface area contributed by atoms with E-state index in [4.69, 9.17) is 5.73 Å². The van der Waals surface area contributed by atoms with E-state index in [1.807, 2.05) is 7.05 Å². The average Bonchev–Trinajstić information content (AvgIpc) is 2.38. The SMILES string of the molecule is CN1CCCCC1CNS(=O)(=O)c1ccccc1N. The number of hydrogen-bond donors (Lipinski definition) is 2. The van der Waals surface area contributed by atoms with Crippen molar-refractivity contribution >= 4 is 15.7 Å². The Kier molecular flexibility index (Phi) is 4.44. The number of nitrogen functional groups attached to an aromatic ring is 1. The van der Waals surface area contributed by atoms with E-state index < -0.39 is 10.0 Å². The Morgan fingerprint density at radius 2 is 2.11 bits per heavy atom. The molecule has 3 N–H and O–H groups in total. The van der Waals surface area contributed by atoms with Gasteiger partial charge in [-0.25, -0.2) is 13.1 Å². The highest BCUT2D eigenvalue weighted by atomic mass is 32.2. The fraction of sp³-hybridized carbons (Fsp3) is 0.538. The standard InChI is InChI=1S/C13H21N3O2S/c1-16-9-5-4-6-11(16)10-15-19(17,18)13-8-3-2-7-12(13)14/h2-3,7-8,11,15H,4-6,9-10,14H2,1H3. The van der Waals surface area contributed by atoms with Gasteiger partial charge in [0.2, 0.25) is 10.0 Å². The monoisotopic (exact) mass is 283 g/mol. The van der Waals surface area contributed by atoms with Crippen LogP contribution in [0.5, 0.6) is 0 Å². The van der Waals surface area contributed by atoms with Crippen molar-refractivity contribution in [2.24, 2.45) is 0 Å². The summed E-state index contributed by atoms with van der Waals surface area (Å²) in [6, 6.07) is 6.80. The number of benzene rings is 1. The Labute approximate surface area is 114 Å². The number of anilines is 1. The minimum Gasteiger partial charge on any atom is -0.398 e. The zero-order chi connectivity index (χ0) is 13.9. The van der Waals surface area contributed by atoms with Crippen molar-refractivity contribution in [2.75, 3.05) is 25.9 Å². The molecule has 0 bridgehead atoms. The van der Waals surface area contributed by atoms with Crippen LogP contribution in [0, 0.1) is 0 Å². The van der Waals surface area contributed by atoms with Crippen molar-refractivity contribution in [1.82, 2.24) is 9.62 Å². The van der Waals surface area contributed by atoms with Crippen molar-refractivity contribution in [3.8, 4) is 0 Å². The summed E-state index contributed by atoms with van der Waals surface area (Å²) in [6.45, 7) is 1.47. The molecule has 1 fully saturated rings. The van der Waals surface area contributed by atoms with Crippen molar-refractivity contribution in [3.63, 3.8) is 0 Å². The largest absolute Gasteiger partial charge is 0.398 e. The predicted octanol–water partition coefficient (Wildman–Crippen LogP) is 1.03. The summed E-state index contributed by atoms with van der Waals surface area (Å²) in [5, 5.41) is 0. The molecule has 1 atom stereocenters. The quantitative estimate of drug-likeness (QED) is 0.809. The summed E-state index contributed by atoms with van der Waals surface area (Å²) in [4.78, 5) is 2.37. The Morgan fingerprint density at radius 3 is 2.79 bits per heavy atom. The van der Waals surface area contributed by atoms with Gasteiger partial charge in [-0.05, 0) is 38.6 Å². The molecule has 6 heteroatoms. The fourth-order valence-corrected chi connectivity index (χ4v) is 3.61. The Balaban J connectivity index is 2.04. The fourth-order valence-electron chi connectivity index (χ4n) is 2.41. The topological polar surface area (TPSA) is 75.4 Å².